The molecule has 19 heavy (non-hydrogen) atoms. The predicted octanol–water partition coefficient (Wildman–Crippen LogP) is 3.25. The summed E-state index contributed by atoms with van der Waals surface area (Å²) in [6.45, 7) is 0. The van der Waals surface area contributed by atoms with Crippen LogP contribution in [-0.2, 0) is 44.9 Å². The molecule has 0 saturated carbocycles. The van der Waals surface area contributed by atoms with E-state index < -0.39 is 0 Å². The zero-order valence-corrected chi connectivity index (χ0v) is 15.4. The zero-order valence-electron chi connectivity index (χ0n) is 10.8. The van der Waals surface area contributed by atoms with E-state index in [4.69, 9.17) is 0 Å². The molecule has 0 spiro atoms. The van der Waals surface area contributed by atoms with Crippen LogP contribution in [0.5, 0.6) is 0 Å². The maximum absolute atomic E-state index is 4.66. The predicted molar refractivity (Wildman–Crippen MR) is 84.4 cm³/mol. The maximum atomic E-state index is 4.66. The third-order valence-corrected chi connectivity index (χ3v) is 2.39. The molecule has 0 amide bonds. The molecule has 4 heteroatoms. The molecule has 0 unspecified atom stereocenters. The summed E-state index contributed by atoms with van der Waals surface area (Å²) in [5.74, 6) is 0. The molecule has 94 valence electrons. The van der Waals surface area contributed by atoms with Crippen LogP contribution >= 0.6 is 12.2 Å². The van der Waals surface area contributed by atoms with Gasteiger partial charge in [-0.3, -0.25) is 0 Å². The molecule has 0 aliphatic carbocycles. The molecule has 0 fully saturated rings. The quantitative estimate of drug-likeness (QED) is 0.528. The van der Waals surface area contributed by atoms with Crippen molar-refractivity contribution in [2.45, 2.75) is 12.8 Å². The second-order valence-corrected chi connectivity index (χ2v) is 4.93. The maximum Gasteiger partial charge on any atom is 2.00 e. The van der Waals surface area contributed by atoms with E-state index in [9.17, 15) is 0 Å². The summed E-state index contributed by atoms with van der Waals surface area (Å²) in [6.07, 6.45) is 2.26. The molecular formula is C15H16NS2Zn+. The second-order valence-electron chi connectivity index (χ2n) is 3.79. The number of rotatable bonds is 3. The summed E-state index contributed by atoms with van der Waals surface area (Å²) in [4.78, 5) is 0. The van der Waals surface area contributed by atoms with Crippen molar-refractivity contribution in [1.82, 2.24) is 0 Å². The van der Waals surface area contributed by atoms with Gasteiger partial charge in [-0.15, -0.1) is 0 Å². The van der Waals surface area contributed by atoms with E-state index in [1.807, 2.05) is 0 Å². The molecule has 0 aromatic heterocycles. The van der Waals surface area contributed by atoms with E-state index in [1.54, 1.807) is 0 Å². The van der Waals surface area contributed by atoms with Gasteiger partial charge in [-0.2, -0.15) is 0 Å². The number of benzene rings is 2. The van der Waals surface area contributed by atoms with Gasteiger partial charge in [-0.05, 0) is 24.0 Å². The number of nitrogens with two attached hydrogens (primary N) is 1. The van der Waals surface area contributed by atoms with Crippen molar-refractivity contribution >= 4 is 29.2 Å². The van der Waals surface area contributed by atoms with Crippen LogP contribution in [0.1, 0.15) is 11.1 Å². The minimum atomic E-state index is 0. The number of aryl methyl sites for hydroxylation is 2. The van der Waals surface area contributed by atoms with Gasteiger partial charge in [0, 0.05) is 0 Å². The Kier molecular flexibility index (Phi) is 10.6. The molecule has 0 radical (unpaired) electrons. The molecule has 0 saturated heterocycles. The Bertz CT molecular complexity index is 417. The smallest absolute Gasteiger partial charge is 0.415 e. The molecule has 2 N–H and O–H groups in total. The molecule has 1 nitrogen and oxygen atoms in total. The average Bonchev–Trinajstić information content (AvgIpc) is 2.38. The van der Waals surface area contributed by atoms with Gasteiger partial charge in [0.05, 0.1) is 0 Å². The minimum Gasteiger partial charge on any atom is -0.415 e. The molecule has 2 rings (SSSR count). The number of hydrogen-bond donors (Lipinski definition) is 1. The van der Waals surface area contributed by atoms with Gasteiger partial charge in [0.2, 0.25) is 0 Å². The Hall–Kier alpha value is -0.827. The van der Waals surface area contributed by atoms with Crippen molar-refractivity contribution in [3.63, 3.8) is 0 Å². The van der Waals surface area contributed by atoms with E-state index in [2.05, 4.69) is 91.2 Å². The zero-order chi connectivity index (χ0) is 13.2. The molecular weight excluding hydrogens is 324 g/mol. The van der Waals surface area contributed by atoms with Crippen molar-refractivity contribution in [3.8, 4) is 0 Å². The first-order chi connectivity index (χ1) is 8.68. The first kappa shape index (κ1) is 18.2. The SMILES string of the molecule is NC(=S)[S-].[Zn+2].c1ccc(CCc2ccccc2)cc1. The Morgan fingerprint density at radius 2 is 1.11 bits per heavy atom. The van der Waals surface area contributed by atoms with E-state index in [1.165, 1.54) is 11.1 Å². The monoisotopic (exact) mass is 338 g/mol. The van der Waals surface area contributed by atoms with Crippen LogP contribution < -0.4 is 5.73 Å². The summed E-state index contributed by atoms with van der Waals surface area (Å²) in [5, 5.41) is 0. The van der Waals surface area contributed by atoms with E-state index in [-0.39, 0.29) is 23.8 Å². The fraction of sp³-hybridized carbons (Fsp3) is 0.133. The summed E-state index contributed by atoms with van der Waals surface area (Å²) >= 11 is 8.26. The first-order valence-corrected chi connectivity index (χ1v) is 6.54. The van der Waals surface area contributed by atoms with E-state index >= 15 is 0 Å². The van der Waals surface area contributed by atoms with Gasteiger partial charge in [0.15, 0.2) is 0 Å². The molecule has 0 aliphatic rings. The fourth-order valence-electron chi connectivity index (χ4n) is 1.58. The van der Waals surface area contributed by atoms with Crippen molar-refractivity contribution in [2.75, 3.05) is 0 Å². The average molecular weight is 340 g/mol. The Morgan fingerprint density at radius 1 is 0.842 bits per heavy atom. The van der Waals surface area contributed by atoms with Crippen LogP contribution in [0.3, 0.4) is 0 Å². The van der Waals surface area contributed by atoms with Gasteiger partial charge in [0.1, 0.15) is 0 Å². The Morgan fingerprint density at radius 3 is 1.37 bits per heavy atom. The molecule has 2 aromatic rings. The van der Waals surface area contributed by atoms with Crippen molar-refractivity contribution < 1.29 is 19.5 Å². The summed E-state index contributed by atoms with van der Waals surface area (Å²) in [5.41, 5.74) is 7.48. The molecule has 0 atom stereocenters. The summed E-state index contributed by atoms with van der Waals surface area (Å²) in [6, 6.07) is 21.2. The fourth-order valence-corrected chi connectivity index (χ4v) is 1.58. The largest absolute Gasteiger partial charge is 2.00 e. The van der Waals surface area contributed by atoms with Crippen LogP contribution in [0.25, 0.3) is 0 Å². The summed E-state index contributed by atoms with van der Waals surface area (Å²) < 4.78 is 0.0833. The van der Waals surface area contributed by atoms with Crippen LogP contribution in [0, 0.1) is 0 Å². The first-order valence-electron chi connectivity index (χ1n) is 5.73. The standard InChI is InChI=1S/C14H14.CH3NS2.Zn/c1-3-7-13(8-4-1)11-12-14-9-5-2-6-10-14;2-1(3)4;/h1-10H,11-12H2;(H3,2,3,4);/q;;+2/p-1. The van der Waals surface area contributed by atoms with Crippen molar-refractivity contribution in [3.05, 3.63) is 71.8 Å². The van der Waals surface area contributed by atoms with E-state index in [0.717, 1.165) is 12.8 Å². The van der Waals surface area contributed by atoms with Gasteiger partial charge >= 0.3 is 19.5 Å². The van der Waals surface area contributed by atoms with Gasteiger partial charge < -0.3 is 30.6 Å². The van der Waals surface area contributed by atoms with Crippen LogP contribution in [-0.4, -0.2) is 4.32 Å². The van der Waals surface area contributed by atoms with Crippen molar-refractivity contribution in [1.29, 1.82) is 0 Å². The van der Waals surface area contributed by atoms with Crippen LogP contribution in [0.15, 0.2) is 60.7 Å². The van der Waals surface area contributed by atoms with Gasteiger partial charge in [-0.1, -0.05) is 65.0 Å². The second kappa shape index (κ2) is 11.0. The topological polar surface area (TPSA) is 26.0 Å². The Labute approximate surface area is 138 Å². The van der Waals surface area contributed by atoms with Gasteiger partial charge in [0.25, 0.3) is 0 Å². The molecule has 2 aromatic carbocycles. The third-order valence-electron chi connectivity index (χ3n) is 2.39. The van der Waals surface area contributed by atoms with E-state index in [0.29, 0.717) is 0 Å². The normalized spacial score (nSPS) is 8.63. The summed E-state index contributed by atoms with van der Waals surface area (Å²) in [7, 11) is 0. The molecule has 0 heterocycles. The number of hydrogen-bond acceptors (Lipinski definition) is 2. The van der Waals surface area contributed by atoms with Gasteiger partial charge in [-0.25, -0.2) is 0 Å². The van der Waals surface area contributed by atoms with Crippen molar-refractivity contribution in [2.24, 2.45) is 5.73 Å². The molecule has 0 aliphatic heterocycles. The molecule has 0 bridgehead atoms. The number of thiocarbonyl (C=S) groups is 1. The Balaban J connectivity index is 0.000000576. The van der Waals surface area contributed by atoms with Crippen LogP contribution in [0.4, 0.5) is 0 Å². The van der Waals surface area contributed by atoms with Crippen LogP contribution in [0.2, 0.25) is 0 Å². The third kappa shape index (κ3) is 9.72. The minimum absolute atomic E-state index is 0.